The van der Waals surface area contributed by atoms with Crippen molar-refractivity contribution >= 4 is 5.91 Å². The molecule has 2 unspecified atom stereocenters. The number of hydrogen-bond acceptors (Lipinski definition) is 5. The van der Waals surface area contributed by atoms with Gasteiger partial charge in [-0.15, -0.1) is 0 Å². The van der Waals surface area contributed by atoms with E-state index in [4.69, 9.17) is 10.3 Å². The molecule has 2 rings (SSSR count). The minimum atomic E-state index is -0.460. The summed E-state index contributed by atoms with van der Waals surface area (Å²) in [5, 5.41) is 6.55. The number of nitrogens with two attached hydrogens (primary N) is 1. The van der Waals surface area contributed by atoms with Crippen LogP contribution in [0.5, 0.6) is 0 Å². The van der Waals surface area contributed by atoms with E-state index >= 15 is 0 Å². The van der Waals surface area contributed by atoms with E-state index in [1.807, 2.05) is 6.92 Å². The van der Waals surface area contributed by atoms with Crippen LogP contribution in [0.4, 0.5) is 0 Å². The first kappa shape index (κ1) is 12.0. The van der Waals surface area contributed by atoms with Gasteiger partial charge in [0.25, 0.3) is 0 Å². The van der Waals surface area contributed by atoms with Gasteiger partial charge in [-0.25, -0.2) is 0 Å². The van der Waals surface area contributed by atoms with Crippen molar-refractivity contribution in [3.63, 3.8) is 0 Å². The number of nitrogens with one attached hydrogen (secondary N) is 1. The lowest BCUT2D eigenvalue weighted by Gasteiger charge is -2.27. The first-order valence-corrected chi connectivity index (χ1v) is 5.85. The number of rotatable bonds is 3. The molecular formula is C11H18N4O2. The summed E-state index contributed by atoms with van der Waals surface area (Å²) in [6, 6.07) is -0.0606. The van der Waals surface area contributed by atoms with Gasteiger partial charge in [-0.05, 0) is 19.8 Å². The normalized spacial score (nSPS) is 28.3. The molecule has 1 amide bonds. The molecular weight excluding hydrogens is 220 g/mol. The van der Waals surface area contributed by atoms with Gasteiger partial charge in [0.15, 0.2) is 5.82 Å². The van der Waals surface area contributed by atoms with E-state index in [9.17, 15) is 4.79 Å². The second-order valence-corrected chi connectivity index (χ2v) is 4.83. The van der Waals surface area contributed by atoms with Gasteiger partial charge in [-0.3, -0.25) is 4.79 Å². The molecule has 3 N–H and O–H groups in total. The fourth-order valence-electron chi connectivity index (χ4n) is 2.25. The number of aromatic nitrogens is 2. The Bertz CT molecular complexity index is 417. The highest BCUT2D eigenvalue weighted by atomic mass is 16.5. The minimum Gasteiger partial charge on any atom is -0.348 e. The molecule has 2 atom stereocenters. The third-order valence-electron chi connectivity index (χ3n) is 3.53. The van der Waals surface area contributed by atoms with Crippen molar-refractivity contribution in [2.24, 2.45) is 11.1 Å². The van der Waals surface area contributed by atoms with Crippen molar-refractivity contribution in [2.45, 2.75) is 45.7 Å². The van der Waals surface area contributed by atoms with E-state index in [0.717, 1.165) is 19.3 Å². The largest absolute Gasteiger partial charge is 0.348 e. The van der Waals surface area contributed by atoms with Gasteiger partial charge in [0, 0.05) is 13.0 Å². The third-order valence-corrected chi connectivity index (χ3v) is 3.53. The van der Waals surface area contributed by atoms with Crippen molar-refractivity contribution in [1.82, 2.24) is 15.5 Å². The smallest absolute Gasteiger partial charge is 0.227 e. The molecule has 6 nitrogen and oxygen atoms in total. The van der Waals surface area contributed by atoms with Gasteiger partial charge >= 0.3 is 0 Å². The zero-order valence-electron chi connectivity index (χ0n) is 10.2. The molecule has 1 aromatic rings. The zero-order valence-corrected chi connectivity index (χ0v) is 10.2. The predicted octanol–water partition coefficient (Wildman–Crippen LogP) is 0.512. The molecule has 0 spiro atoms. The summed E-state index contributed by atoms with van der Waals surface area (Å²) in [6.45, 7) is 3.92. The Morgan fingerprint density at radius 3 is 3.00 bits per heavy atom. The molecule has 1 saturated carbocycles. The summed E-state index contributed by atoms with van der Waals surface area (Å²) < 4.78 is 4.83. The number of carbonyl (C=O) groups is 1. The molecule has 1 fully saturated rings. The summed E-state index contributed by atoms with van der Waals surface area (Å²) in [5.41, 5.74) is 5.52. The summed E-state index contributed by atoms with van der Waals surface area (Å²) >= 11 is 0. The summed E-state index contributed by atoms with van der Waals surface area (Å²) in [5.74, 6) is 0.967. The number of amides is 1. The average Bonchev–Trinajstić information content (AvgIpc) is 2.84. The molecule has 0 radical (unpaired) electrons. The van der Waals surface area contributed by atoms with Crippen LogP contribution >= 0.6 is 0 Å². The molecule has 94 valence electrons. The maximum Gasteiger partial charge on any atom is 0.227 e. The van der Waals surface area contributed by atoms with Gasteiger partial charge in [0.05, 0.1) is 12.0 Å². The number of nitrogens with zero attached hydrogens (tertiary/aromatic N) is 2. The van der Waals surface area contributed by atoms with Crippen molar-refractivity contribution < 1.29 is 9.32 Å². The topological polar surface area (TPSA) is 94.0 Å². The second kappa shape index (κ2) is 4.44. The molecule has 1 aliphatic rings. The molecule has 0 aromatic carbocycles. The van der Waals surface area contributed by atoms with Crippen LogP contribution in [0.1, 0.15) is 37.9 Å². The Morgan fingerprint density at radius 2 is 2.47 bits per heavy atom. The quantitative estimate of drug-likeness (QED) is 0.800. The lowest BCUT2D eigenvalue weighted by Crippen LogP contribution is -2.47. The molecule has 1 aliphatic carbocycles. The van der Waals surface area contributed by atoms with Gasteiger partial charge in [0.2, 0.25) is 11.8 Å². The predicted molar refractivity (Wildman–Crippen MR) is 60.8 cm³/mol. The molecule has 0 bridgehead atoms. The first-order valence-electron chi connectivity index (χ1n) is 5.85. The molecule has 0 aliphatic heterocycles. The Balaban J connectivity index is 1.93. The summed E-state index contributed by atoms with van der Waals surface area (Å²) in [6.07, 6.45) is 2.75. The van der Waals surface area contributed by atoms with Crippen molar-refractivity contribution in [3.8, 4) is 0 Å². The van der Waals surface area contributed by atoms with E-state index in [1.54, 1.807) is 6.92 Å². The van der Waals surface area contributed by atoms with Crippen LogP contribution < -0.4 is 11.1 Å². The van der Waals surface area contributed by atoms with Crippen LogP contribution in [-0.2, 0) is 11.3 Å². The van der Waals surface area contributed by atoms with Crippen LogP contribution in [-0.4, -0.2) is 22.1 Å². The van der Waals surface area contributed by atoms with Crippen molar-refractivity contribution in [3.05, 3.63) is 11.7 Å². The van der Waals surface area contributed by atoms with Crippen LogP contribution in [0.25, 0.3) is 0 Å². The molecule has 0 saturated heterocycles. The zero-order chi connectivity index (χ0) is 12.5. The Hall–Kier alpha value is -1.43. The third kappa shape index (κ3) is 2.31. The Morgan fingerprint density at radius 1 is 1.71 bits per heavy atom. The van der Waals surface area contributed by atoms with Crippen LogP contribution in [0.2, 0.25) is 0 Å². The van der Waals surface area contributed by atoms with Gasteiger partial charge in [-0.2, -0.15) is 4.98 Å². The molecule has 1 aromatic heterocycles. The molecule has 1 heterocycles. The monoisotopic (exact) mass is 238 g/mol. The van der Waals surface area contributed by atoms with E-state index < -0.39 is 5.41 Å². The standard InChI is InChI=1S/C11H18N4O2/c1-7-14-9(15-17-7)6-13-10(16)11(2)5-3-4-8(11)12/h8H,3-6,12H2,1-2H3,(H,13,16). The van der Waals surface area contributed by atoms with Crippen molar-refractivity contribution in [1.29, 1.82) is 0 Å². The minimum absolute atomic E-state index is 0.0232. The van der Waals surface area contributed by atoms with Crippen molar-refractivity contribution in [2.75, 3.05) is 0 Å². The maximum absolute atomic E-state index is 12.1. The number of hydrogen-bond donors (Lipinski definition) is 2. The average molecular weight is 238 g/mol. The van der Waals surface area contributed by atoms with E-state index in [1.165, 1.54) is 0 Å². The highest BCUT2D eigenvalue weighted by Gasteiger charge is 2.42. The van der Waals surface area contributed by atoms with Gasteiger partial charge in [0.1, 0.15) is 0 Å². The maximum atomic E-state index is 12.1. The number of carbonyl (C=O) groups excluding carboxylic acids is 1. The van der Waals surface area contributed by atoms with E-state index in [2.05, 4.69) is 15.5 Å². The fraction of sp³-hybridized carbons (Fsp3) is 0.727. The SMILES string of the molecule is Cc1nc(CNC(=O)C2(C)CCCC2N)no1. The highest BCUT2D eigenvalue weighted by molar-refractivity contribution is 5.83. The van der Waals surface area contributed by atoms with Crippen LogP contribution in [0.3, 0.4) is 0 Å². The molecule has 6 heteroatoms. The first-order chi connectivity index (χ1) is 8.02. The van der Waals surface area contributed by atoms with E-state index in [0.29, 0.717) is 18.3 Å². The number of aryl methyl sites for hydroxylation is 1. The van der Waals surface area contributed by atoms with Crippen LogP contribution in [0.15, 0.2) is 4.52 Å². The van der Waals surface area contributed by atoms with Gasteiger partial charge < -0.3 is 15.6 Å². The highest BCUT2D eigenvalue weighted by Crippen LogP contribution is 2.36. The van der Waals surface area contributed by atoms with E-state index in [-0.39, 0.29) is 11.9 Å². The molecule has 17 heavy (non-hydrogen) atoms. The lowest BCUT2D eigenvalue weighted by molar-refractivity contribution is -0.130. The lowest BCUT2D eigenvalue weighted by atomic mass is 9.84. The summed E-state index contributed by atoms with van der Waals surface area (Å²) in [4.78, 5) is 16.1. The van der Waals surface area contributed by atoms with Crippen LogP contribution in [0, 0.1) is 12.3 Å². The Labute approximate surface area is 99.9 Å². The Kier molecular flexibility index (Phi) is 3.15. The van der Waals surface area contributed by atoms with Gasteiger partial charge in [-0.1, -0.05) is 11.6 Å². The second-order valence-electron chi connectivity index (χ2n) is 4.83. The fourth-order valence-corrected chi connectivity index (χ4v) is 2.25. The summed E-state index contributed by atoms with van der Waals surface area (Å²) in [7, 11) is 0.